The van der Waals surface area contributed by atoms with Gasteiger partial charge in [-0.2, -0.15) is 0 Å². The van der Waals surface area contributed by atoms with Crippen LogP contribution in [-0.4, -0.2) is 21.8 Å². The van der Waals surface area contributed by atoms with Gasteiger partial charge in [0, 0.05) is 22.5 Å². The summed E-state index contributed by atoms with van der Waals surface area (Å²) >= 11 is 5.14. The Morgan fingerprint density at radius 2 is 2.22 bits per heavy atom. The molecule has 2 aromatic rings. The molecule has 18 heavy (non-hydrogen) atoms. The van der Waals surface area contributed by atoms with Crippen molar-refractivity contribution in [2.45, 2.75) is 23.0 Å². The summed E-state index contributed by atoms with van der Waals surface area (Å²) in [6.07, 6.45) is 1.71. The average Bonchev–Trinajstić information content (AvgIpc) is 2.76. The SMILES string of the molecule is CNC(C)c1cc(Br)ccc1Sc1nncn1C. The van der Waals surface area contributed by atoms with E-state index >= 15 is 0 Å². The van der Waals surface area contributed by atoms with Crippen LogP contribution in [0.4, 0.5) is 0 Å². The van der Waals surface area contributed by atoms with Crippen LogP contribution in [-0.2, 0) is 7.05 Å². The van der Waals surface area contributed by atoms with E-state index in [1.807, 2.05) is 24.7 Å². The number of nitrogens with zero attached hydrogens (tertiary/aromatic N) is 3. The molecule has 0 fully saturated rings. The second-order valence-electron chi connectivity index (χ2n) is 4.02. The van der Waals surface area contributed by atoms with Crippen molar-refractivity contribution in [3.63, 3.8) is 0 Å². The molecule has 6 heteroatoms. The maximum absolute atomic E-state index is 4.10. The Morgan fingerprint density at radius 1 is 1.44 bits per heavy atom. The van der Waals surface area contributed by atoms with Gasteiger partial charge in [0.1, 0.15) is 6.33 Å². The summed E-state index contributed by atoms with van der Waals surface area (Å²) in [5.41, 5.74) is 1.25. The zero-order chi connectivity index (χ0) is 13.1. The highest BCUT2D eigenvalue weighted by molar-refractivity contribution is 9.10. The normalized spacial score (nSPS) is 12.7. The number of nitrogens with one attached hydrogen (secondary N) is 1. The smallest absolute Gasteiger partial charge is 0.195 e. The minimum Gasteiger partial charge on any atom is -0.313 e. The van der Waals surface area contributed by atoms with Gasteiger partial charge in [0.25, 0.3) is 0 Å². The first-order valence-corrected chi connectivity index (χ1v) is 7.21. The number of hydrogen-bond acceptors (Lipinski definition) is 4. The summed E-state index contributed by atoms with van der Waals surface area (Å²) in [6.45, 7) is 2.14. The van der Waals surface area contributed by atoms with Crippen LogP contribution in [0.5, 0.6) is 0 Å². The highest BCUT2D eigenvalue weighted by Crippen LogP contribution is 2.33. The minimum atomic E-state index is 0.290. The van der Waals surface area contributed by atoms with E-state index in [-0.39, 0.29) is 0 Å². The molecule has 0 aliphatic rings. The molecule has 0 aliphatic heterocycles. The fourth-order valence-corrected chi connectivity index (χ4v) is 2.91. The van der Waals surface area contributed by atoms with Crippen LogP contribution in [0.1, 0.15) is 18.5 Å². The summed E-state index contributed by atoms with van der Waals surface area (Å²) in [7, 11) is 3.91. The van der Waals surface area contributed by atoms with Crippen LogP contribution in [0.3, 0.4) is 0 Å². The van der Waals surface area contributed by atoms with E-state index in [1.54, 1.807) is 18.1 Å². The van der Waals surface area contributed by atoms with Crippen molar-refractivity contribution >= 4 is 27.7 Å². The van der Waals surface area contributed by atoms with Crippen LogP contribution in [0, 0.1) is 0 Å². The van der Waals surface area contributed by atoms with Gasteiger partial charge in [-0.1, -0.05) is 15.9 Å². The van der Waals surface area contributed by atoms with E-state index in [9.17, 15) is 0 Å². The summed E-state index contributed by atoms with van der Waals surface area (Å²) in [6, 6.07) is 6.58. The zero-order valence-corrected chi connectivity index (χ0v) is 12.9. The lowest BCUT2D eigenvalue weighted by molar-refractivity contribution is 0.640. The van der Waals surface area contributed by atoms with E-state index in [0.717, 1.165) is 9.63 Å². The quantitative estimate of drug-likeness (QED) is 0.937. The molecule has 1 unspecified atom stereocenters. The van der Waals surface area contributed by atoms with E-state index in [1.165, 1.54) is 10.5 Å². The van der Waals surface area contributed by atoms with Crippen LogP contribution >= 0.6 is 27.7 Å². The second kappa shape index (κ2) is 5.86. The fourth-order valence-electron chi connectivity index (χ4n) is 1.57. The van der Waals surface area contributed by atoms with Crippen LogP contribution in [0.2, 0.25) is 0 Å². The molecule has 1 aromatic heterocycles. The van der Waals surface area contributed by atoms with Gasteiger partial charge in [-0.25, -0.2) is 0 Å². The predicted octanol–water partition coefficient (Wildman–Crippen LogP) is 3.01. The lowest BCUT2D eigenvalue weighted by atomic mass is 10.1. The predicted molar refractivity (Wildman–Crippen MR) is 76.7 cm³/mol. The first kappa shape index (κ1) is 13.6. The Hall–Kier alpha value is -0.850. The Bertz CT molecular complexity index is 541. The number of halogens is 1. The molecule has 1 aromatic carbocycles. The van der Waals surface area contributed by atoms with Crippen LogP contribution in [0.25, 0.3) is 0 Å². The third-order valence-electron chi connectivity index (χ3n) is 2.74. The number of hydrogen-bond donors (Lipinski definition) is 1. The highest BCUT2D eigenvalue weighted by Gasteiger charge is 2.13. The van der Waals surface area contributed by atoms with E-state index in [2.05, 4.69) is 50.5 Å². The van der Waals surface area contributed by atoms with Gasteiger partial charge in [0.2, 0.25) is 0 Å². The molecule has 1 N–H and O–H groups in total. The Kier molecular flexibility index (Phi) is 4.42. The van der Waals surface area contributed by atoms with Crippen molar-refractivity contribution in [3.05, 3.63) is 34.6 Å². The minimum absolute atomic E-state index is 0.290. The highest BCUT2D eigenvalue weighted by atomic mass is 79.9. The first-order chi connectivity index (χ1) is 8.61. The second-order valence-corrected chi connectivity index (χ2v) is 5.94. The lowest BCUT2D eigenvalue weighted by Crippen LogP contribution is -2.13. The molecule has 0 saturated carbocycles. The Labute approximate surface area is 119 Å². The van der Waals surface area contributed by atoms with Crippen molar-refractivity contribution in [2.75, 3.05) is 7.05 Å². The molecular formula is C12H15BrN4S. The molecule has 1 atom stereocenters. The molecule has 4 nitrogen and oxygen atoms in total. The van der Waals surface area contributed by atoms with E-state index in [4.69, 9.17) is 0 Å². The molecule has 0 aliphatic carbocycles. The number of rotatable bonds is 4. The third-order valence-corrected chi connectivity index (χ3v) is 4.38. The lowest BCUT2D eigenvalue weighted by Gasteiger charge is -2.15. The van der Waals surface area contributed by atoms with E-state index in [0.29, 0.717) is 6.04 Å². The monoisotopic (exact) mass is 326 g/mol. The van der Waals surface area contributed by atoms with Gasteiger partial charge in [0.05, 0.1) is 0 Å². The van der Waals surface area contributed by atoms with Gasteiger partial charge in [-0.05, 0) is 49.5 Å². The summed E-state index contributed by atoms with van der Waals surface area (Å²) < 4.78 is 3.00. The Morgan fingerprint density at radius 3 is 2.83 bits per heavy atom. The maximum Gasteiger partial charge on any atom is 0.195 e. The molecule has 2 rings (SSSR count). The van der Waals surface area contributed by atoms with E-state index < -0.39 is 0 Å². The van der Waals surface area contributed by atoms with Crippen molar-refractivity contribution in [1.82, 2.24) is 20.1 Å². The molecule has 96 valence electrons. The largest absolute Gasteiger partial charge is 0.313 e. The van der Waals surface area contributed by atoms with Gasteiger partial charge in [0.15, 0.2) is 5.16 Å². The zero-order valence-electron chi connectivity index (χ0n) is 10.5. The third kappa shape index (κ3) is 2.93. The van der Waals surface area contributed by atoms with Gasteiger partial charge >= 0.3 is 0 Å². The molecule has 0 spiro atoms. The Balaban J connectivity index is 2.35. The number of aryl methyl sites for hydroxylation is 1. The van der Waals surface area contributed by atoms with Crippen LogP contribution in [0.15, 0.2) is 39.1 Å². The number of benzene rings is 1. The molecule has 0 radical (unpaired) electrons. The van der Waals surface area contributed by atoms with Gasteiger partial charge in [-0.15, -0.1) is 10.2 Å². The molecular weight excluding hydrogens is 312 g/mol. The summed E-state index contributed by atoms with van der Waals surface area (Å²) in [4.78, 5) is 1.19. The first-order valence-electron chi connectivity index (χ1n) is 5.60. The van der Waals surface area contributed by atoms with Crippen LogP contribution < -0.4 is 5.32 Å². The maximum atomic E-state index is 4.10. The van der Waals surface area contributed by atoms with Crippen molar-refractivity contribution in [1.29, 1.82) is 0 Å². The summed E-state index contributed by atoms with van der Waals surface area (Å²) in [5, 5.41) is 12.2. The number of aromatic nitrogens is 3. The fraction of sp³-hybridized carbons (Fsp3) is 0.333. The van der Waals surface area contributed by atoms with Crippen molar-refractivity contribution in [2.24, 2.45) is 7.05 Å². The molecule has 0 saturated heterocycles. The molecule has 0 bridgehead atoms. The van der Waals surface area contributed by atoms with Crippen molar-refractivity contribution < 1.29 is 0 Å². The summed E-state index contributed by atoms with van der Waals surface area (Å²) in [5.74, 6) is 0. The molecule has 0 amide bonds. The van der Waals surface area contributed by atoms with Gasteiger partial charge in [-0.3, -0.25) is 0 Å². The van der Waals surface area contributed by atoms with Gasteiger partial charge < -0.3 is 9.88 Å². The van der Waals surface area contributed by atoms with Crippen molar-refractivity contribution in [3.8, 4) is 0 Å². The standard InChI is InChI=1S/C12H15BrN4S/c1-8(14-2)10-6-9(13)4-5-11(10)18-12-16-15-7-17(12)3/h4-8,14H,1-3H3. The average molecular weight is 327 g/mol. The topological polar surface area (TPSA) is 42.7 Å². The molecule has 1 heterocycles.